The lowest BCUT2D eigenvalue weighted by Crippen LogP contribution is -2.08. The van der Waals surface area contributed by atoms with Crippen LogP contribution in [0.25, 0.3) is 0 Å². The summed E-state index contributed by atoms with van der Waals surface area (Å²) in [4.78, 5) is 0. The predicted molar refractivity (Wildman–Crippen MR) is 66.8 cm³/mol. The van der Waals surface area contributed by atoms with Crippen LogP contribution in [0.5, 0.6) is 5.75 Å². The third kappa shape index (κ3) is 4.12. The van der Waals surface area contributed by atoms with Gasteiger partial charge in [-0.25, -0.2) is 0 Å². The first kappa shape index (κ1) is 13.5. The van der Waals surface area contributed by atoms with Crippen molar-refractivity contribution in [2.24, 2.45) is 0 Å². The summed E-state index contributed by atoms with van der Waals surface area (Å²) in [6.45, 7) is 5.41. The molecule has 0 heterocycles. The third-order valence-electron chi connectivity index (χ3n) is 2.11. The zero-order valence-electron chi connectivity index (χ0n) is 9.57. The van der Waals surface area contributed by atoms with Gasteiger partial charge in [0.1, 0.15) is 12.4 Å². The molecular formula is C12H17BrO3. The summed E-state index contributed by atoms with van der Waals surface area (Å²) >= 11 is 3.37. The van der Waals surface area contributed by atoms with Crippen LogP contribution in [0.3, 0.4) is 0 Å². The summed E-state index contributed by atoms with van der Waals surface area (Å²) in [6.07, 6.45) is -0.542. The molecule has 0 unspecified atom stereocenters. The van der Waals surface area contributed by atoms with Gasteiger partial charge in [0, 0.05) is 16.6 Å². The molecule has 0 bridgehead atoms. The second-order valence-corrected chi connectivity index (χ2v) is 4.32. The molecule has 0 spiro atoms. The first-order valence-corrected chi connectivity index (χ1v) is 6.12. The Kier molecular flexibility index (Phi) is 5.80. The molecule has 16 heavy (non-hydrogen) atoms. The average molecular weight is 289 g/mol. The van der Waals surface area contributed by atoms with Crippen molar-refractivity contribution >= 4 is 15.9 Å². The van der Waals surface area contributed by atoms with E-state index in [9.17, 15) is 5.11 Å². The fourth-order valence-corrected chi connectivity index (χ4v) is 1.71. The van der Waals surface area contributed by atoms with E-state index in [2.05, 4.69) is 15.9 Å². The van der Waals surface area contributed by atoms with E-state index >= 15 is 0 Å². The summed E-state index contributed by atoms with van der Waals surface area (Å²) in [5.74, 6) is 0.706. The minimum atomic E-state index is -0.542. The van der Waals surface area contributed by atoms with Crippen LogP contribution in [0.4, 0.5) is 0 Å². The maximum atomic E-state index is 9.60. The molecule has 1 N–H and O–H groups in total. The van der Waals surface area contributed by atoms with Gasteiger partial charge < -0.3 is 14.6 Å². The van der Waals surface area contributed by atoms with E-state index in [0.717, 1.165) is 10.0 Å². The molecule has 1 atom stereocenters. The number of benzene rings is 1. The maximum Gasteiger partial charge on any atom is 0.125 e. The van der Waals surface area contributed by atoms with Gasteiger partial charge in [0.05, 0.1) is 12.7 Å². The topological polar surface area (TPSA) is 38.7 Å². The Morgan fingerprint density at radius 1 is 1.38 bits per heavy atom. The average Bonchev–Trinajstić information content (AvgIpc) is 2.26. The summed E-state index contributed by atoms with van der Waals surface area (Å²) in [7, 11) is 0. The van der Waals surface area contributed by atoms with Gasteiger partial charge in [-0.2, -0.15) is 0 Å². The lowest BCUT2D eigenvalue weighted by atomic mass is 10.1. The quantitative estimate of drug-likeness (QED) is 0.818. The Morgan fingerprint density at radius 3 is 2.75 bits per heavy atom. The van der Waals surface area contributed by atoms with Crippen LogP contribution in [0.1, 0.15) is 25.5 Å². The van der Waals surface area contributed by atoms with Crippen molar-refractivity contribution < 1.29 is 14.6 Å². The van der Waals surface area contributed by atoms with Gasteiger partial charge in [0.15, 0.2) is 0 Å². The molecule has 1 aromatic carbocycles. The molecule has 0 aliphatic carbocycles. The Labute approximate surface area is 105 Å². The molecule has 0 fully saturated rings. The number of aliphatic hydroxyl groups excluding tert-OH is 1. The lowest BCUT2D eigenvalue weighted by Gasteiger charge is -2.13. The number of hydrogen-bond donors (Lipinski definition) is 1. The van der Waals surface area contributed by atoms with E-state index < -0.39 is 6.10 Å². The van der Waals surface area contributed by atoms with E-state index in [-0.39, 0.29) is 0 Å². The van der Waals surface area contributed by atoms with Gasteiger partial charge in [-0.05, 0) is 32.0 Å². The minimum absolute atomic E-state index is 0.495. The smallest absolute Gasteiger partial charge is 0.125 e. The van der Waals surface area contributed by atoms with E-state index in [0.29, 0.717) is 25.6 Å². The zero-order valence-corrected chi connectivity index (χ0v) is 11.2. The van der Waals surface area contributed by atoms with Crippen molar-refractivity contribution in [1.29, 1.82) is 0 Å². The van der Waals surface area contributed by atoms with Crippen molar-refractivity contribution in [2.75, 3.05) is 19.8 Å². The molecule has 0 aromatic heterocycles. The highest BCUT2D eigenvalue weighted by molar-refractivity contribution is 9.10. The number of hydrogen-bond acceptors (Lipinski definition) is 3. The van der Waals surface area contributed by atoms with Crippen LogP contribution < -0.4 is 4.74 Å². The van der Waals surface area contributed by atoms with Crippen molar-refractivity contribution in [1.82, 2.24) is 0 Å². The monoisotopic (exact) mass is 288 g/mol. The van der Waals surface area contributed by atoms with Gasteiger partial charge in [-0.3, -0.25) is 0 Å². The molecule has 0 aliphatic rings. The van der Waals surface area contributed by atoms with Crippen LogP contribution in [0.2, 0.25) is 0 Å². The first-order chi connectivity index (χ1) is 7.65. The van der Waals surface area contributed by atoms with E-state index in [4.69, 9.17) is 9.47 Å². The fourth-order valence-electron chi connectivity index (χ4n) is 1.33. The summed E-state index contributed by atoms with van der Waals surface area (Å²) in [6, 6.07) is 5.60. The van der Waals surface area contributed by atoms with Gasteiger partial charge in [-0.15, -0.1) is 0 Å². The SMILES string of the molecule is CCOCCOc1ccc(Br)cc1[C@@H](C)O. The third-order valence-corrected chi connectivity index (χ3v) is 2.60. The van der Waals surface area contributed by atoms with Gasteiger partial charge in [0.2, 0.25) is 0 Å². The number of aliphatic hydroxyl groups is 1. The van der Waals surface area contributed by atoms with Gasteiger partial charge >= 0.3 is 0 Å². The molecule has 1 aromatic rings. The molecule has 0 saturated carbocycles. The first-order valence-electron chi connectivity index (χ1n) is 5.33. The highest BCUT2D eigenvalue weighted by Crippen LogP contribution is 2.28. The molecule has 90 valence electrons. The van der Waals surface area contributed by atoms with Crippen LogP contribution in [0.15, 0.2) is 22.7 Å². The normalized spacial score (nSPS) is 12.5. The molecule has 4 heteroatoms. The van der Waals surface area contributed by atoms with Gasteiger partial charge in [-0.1, -0.05) is 15.9 Å². The summed E-state index contributed by atoms with van der Waals surface area (Å²) in [5.41, 5.74) is 0.783. The van der Waals surface area contributed by atoms with Gasteiger partial charge in [0.25, 0.3) is 0 Å². The summed E-state index contributed by atoms with van der Waals surface area (Å²) < 4.78 is 11.7. The van der Waals surface area contributed by atoms with E-state index in [1.165, 1.54) is 0 Å². The summed E-state index contributed by atoms with van der Waals surface area (Å²) in [5, 5.41) is 9.60. The number of rotatable bonds is 6. The number of halogens is 1. The van der Waals surface area contributed by atoms with Crippen molar-refractivity contribution in [3.63, 3.8) is 0 Å². The zero-order chi connectivity index (χ0) is 12.0. The van der Waals surface area contributed by atoms with E-state index in [1.54, 1.807) is 6.92 Å². The predicted octanol–water partition coefficient (Wildman–Crippen LogP) is 2.92. The molecule has 0 saturated heterocycles. The lowest BCUT2D eigenvalue weighted by molar-refractivity contribution is 0.108. The molecule has 3 nitrogen and oxygen atoms in total. The van der Waals surface area contributed by atoms with Crippen molar-refractivity contribution in [3.05, 3.63) is 28.2 Å². The standard InChI is InChI=1S/C12H17BrO3/c1-3-15-6-7-16-12-5-4-10(13)8-11(12)9(2)14/h4-5,8-9,14H,3,6-7H2,1-2H3/t9-/m1/s1. The van der Waals surface area contributed by atoms with E-state index in [1.807, 2.05) is 25.1 Å². The van der Waals surface area contributed by atoms with Crippen LogP contribution in [-0.2, 0) is 4.74 Å². The molecular weight excluding hydrogens is 272 g/mol. The Bertz CT molecular complexity index is 326. The molecule has 0 radical (unpaired) electrons. The molecule has 0 amide bonds. The molecule has 0 aliphatic heterocycles. The fraction of sp³-hybridized carbons (Fsp3) is 0.500. The largest absolute Gasteiger partial charge is 0.491 e. The second-order valence-electron chi connectivity index (χ2n) is 3.40. The highest BCUT2D eigenvalue weighted by atomic mass is 79.9. The Balaban J connectivity index is 2.64. The minimum Gasteiger partial charge on any atom is -0.491 e. The van der Waals surface area contributed by atoms with Crippen LogP contribution in [0, 0.1) is 0 Å². The highest BCUT2D eigenvalue weighted by Gasteiger charge is 2.09. The van der Waals surface area contributed by atoms with Crippen molar-refractivity contribution in [2.45, 2.75) is 20.0 Å². The Morgan fingerprint density at radius 2 is 2.12 bits per heavy atom. The van der Waals surface area contributed by atoms with Crippen LogP contribution in [-0.4, -0.2) is 24.9 Å². The maximum absolute atomic E-state index is 9.60. The number of ether oxygens (including phenoxy) is 2. The molecule has 1 rings (SSSR count). The second kappa shape index (κ2) is 6.89. The van der Waals surface area contributed by atoms with Crippen molar-refractivity contribution in [3.8, 4) is 5.75 Å². The Hall–Kier alpha value is -0.580. The van der Waals surface area contributed by atoms with Crippen LogP contribution >= 0.6 is 15.9 Å².